The van der Waals surface area contributed by atoms with E-state index in [2.05, 4.69) is 16.2 Å². The standard InChI is InChI=1S/C23H24FN5O2S/c1-5-15-6-7-17(24)9-18(15)13(2)31-21-8-16(11-27-23(21)26)22-19(12-32-14(3)30)28-29(4)20(22)10-25/h6-9,11,13H,5,12H2,1-4H3,(H2,26,27)/t13-/m1/s1. The lowest BCUT2D eigenvalue weighted by molar-refractivity contribution is -0.109. The number of nitriles is 1. The minimum atomic E-state index is -0.475. The minimum absolute atomic E-state index is 0.0461. The molecule has 2 heterocycles. The van der Waals surface area contributed by atoms with Gasteiger partial charge in [-0.05, 0) is 42.7 Å². The van der Waals surface area contributed by atoms with Crippen LogP contribution < -0.4 is 10.5 Å². The Kier molecular flexibility index (Phi) is 7.15. The number of carbonyl (C=O) groups excluding carboxylic acids is 1. The number of hydrogen-bond donors (Lipinski definition) is 1. The first kappa shape index (κ1) is 23.3. The van der Waals surface area contributed by atoms with Crippen LogP contribution in [0.1, 0.15) is 49.4 Å². The van der Waals surface area contributed by atoms with Crippen molar-refractivity contribution in [2.24, 2.45) is 7.05 Å². The second kappa shape index (κ2) is 9.83. The van der Waals surface area contributed by atoms with E-state index in [0.717, 1.165) is 29.3 Å². The summed E-state index contributed by atoms with van der Waals surface area (Å²) in [7, 11) is 1.67. The molecule has 1 atom stereocenters. The minimum Gasteiger partial charge on any atom is -0.482 e. The van der Waals surface area contributed by atoms with E-state index >= 15 is 0 Å². The number of nitrogens with zero attached hydrogens (tertiary/aromatic N) is 4. The Morgan fingerprint density at radius 2 is 2.16 bits per heavy atom. The molecule has 0 aliphatic heterocycles. The molecule has 3 aromatic rings. The normalized spacial score (nSPS) is 11.8. The number of benzene rings is 1. The summed E-state index contributed by atoms with van der Waals surface area (Å²) in [6, 6.07) is 8.49. The third-order valence-corrected chi connectivity index (χ3v) is 5.86. The summed E-state index contributed by atoms with van der Waals surface area (Å²) < 4.78 is 21.4. The number of ether oxygens (including phenoxy) is 1. The van der Waals surface area contributed by atoms with Gasteiger partial charge in [-0.2, -0.15) is 10.4 Å². The Morgan fingerprint density at radius 1 is 1.41 bits per heavy atom. The molecular weight excluding hydrogens is 429 g/mol. The summed E-state index contributed by atoms with van der Waals surface area (Å²) in [4.78, 5) is 15.7. The Morgan fingerprint density at radius 3 is 2.81 bits per heavy atom. The molecule has 0 radical (unpaired) electrons. The highest BCUT2D eigenvalue weighted by Crippen LogP contribution is 2.35. The Hall–Kier alpha value is -3.38. The molecule has 166 valence electrons. The van der Waals surface area contributed by atoms with Crippen LogP contribution >= 0.6 is 11.8 Å². The van der Waals surface area contributed by atoms with Crippen molar-refractivity contribution in [2.75, 3.05) is 5.73 Å². The molecule has 9 heteroatoms. The van der Waals surface area contributed by atoms with E-state index in [1.165, 1.54) is 23.7 Å². The van der Waals surface area contributed by atoms with Crippen LogP contribution in [0.15, 0.2) is 30.5 Å². The van der Waals surface area contributed by atoms with Crippen molar-refractivity contribution in [3.05, 3.63) is 58.8 Å². The van der Waals surface area contributed by atoms with Gasteiger partial charge in [0.2, 0.25) is 0 Å². The summed E-state index contributed by atoms with van der Waals surface area (Å²) >= 11 is 1.11. The number of aryl methyl sites for hydroxylation is 2. The summed E-state index contributed by atoms with van der Waals surface area (Å²) in [6.45, 7) is 5.29. The zero-order chi connectivity index (χ0) is 23.4. The highest BCUT2D eigenvalue weighted by Gasteiger charge is 2.21. The fraction of sp³-hybridized carbons (Fsp3) is 0.304. The van der Waals surface area contributed by atoms with Crippen molar-refractivity contribution >= 4 is 22.7 Å². The van der Waals surface area contributed by atoms with Crippen molar-refractivity contribution in [2.45, 2.75) is 39.0 Å². The van der Waals surface area contributed by atoms with Crippen LogP contribution in [0, 0.1) is 17.1 Å². The molecule has 1 aromatic carbocycles. The smallest absolute Gasteiger partial charge is 0.186 e. The van der Waals surface area contributed by atoms with Crippen molar-refractivity contribution in [1.29, 1.82) is 5.26 Å². The first-order valence-electron chi connectivity index (χ1n) is 10.0. The van der Waals surface area contributed by atoms with Crippen LogP contribution in [0.25, 0.3) is 11.1 Å². The van der Waals surface area contributed by atoms with Gasteiger partial charge >= 0.3 is 0 Å². The quantitative estimate of drug-likeness (QED) is 0.559. The lowest BCUT2D eigenvalue weighted by Gasteiger charge is -2.19. The zero-order valence-electron chi connectivity index (χ0n) is 18.3. The average Bonchev–Trinajstić information content (AvgIpc) is 3.08. The van der Waals surface area contributed by atoms with E-state index < -0.39 is 6.10 Å². The number of anilines is 1. The molecule has 32 heavy (non-hydrogen) atoms. The van der Waals surface area contributed by atoms with Gasteiger partial charge in [0.05, 0.1) is 5.69 Å². The highest BCUT2D eigenvalue weighted by atomic mass is 32.2. The summed E-state index contributed by atoms with van der Waals surface area (Å²) in [6.07, 6.45) is 1.80. The van der Waals surface area contributed by atoms with E-state index in [0.29, 0.717) is 34.0 Å². The number of rotatable bonds is 7. The topological polar surface area (TPSA) is 107 Å². The van der Waals surface area contributed by atoms with E-state index in [9.17, 15) is 14.4 Å². The Balaban J connectivity index is 2.01. The molecule has 0 unspecified atom stereocenters. The summed E-state index contributed by atoms with van der Waals surface area (Å²) in [5.74, 6) is 0.478. The number of pyridine rings is 1. The molecule has 0 saturated carbocycles. The van der Waals surface area contributed by atoms with Gasteiger partial charge in [-0.1, -0.05) is 24.8 Å². The second-order valence-electron chi connectivity index (χ2n) is 7.25. The van der Waals surface area contributed by atoms with E-state index in [4.69, 9.17) is 10.5 Å². The van der Waals surface area contributed by atoms with Gasteiger partial charge in [0.25, 0.3) is 0 Å². The van der Waals surface area contributed by atoms with Crippen molar-refractivity contribution < 1.29 is 13.9 Å². The van der Waals surface area contributed by atoms with Crippen molar-refractivity contribution in [1.82, 2.24) is 14.8 Å². The van der Waals surface area contributed by atoms with E-state index in [1.54, 1.807) is 25.4 Å². The van der Waals surface area contributed by atoms with Crippen molar-refractivity contribution in [3.63, 3.8) is 0 Å². The van der Waals surface area contributed by atoms with Gasteiger partial charge < -0.3 is 10.5 Å². The number of aromatic nitrogens is 3. The number of nitrogen functional groups attached to an aromatic ring is 1. The maximum atomic E-state index is 13.8. The van der Waals surface area contributed by atoms with Crippen LogP contribution in [0.3, 0.4) is 0 Å². The molecule has 7 nitrogen and oxygen atoms in total. The van der Waals surface area contributed by atoms with Gasteiger partial charge in [0.15, 0.2) is 16.7 Å². The molecule has 0 amide bonds. The van der Waals surface area contributed by atoms with Gasteiger partial charge in [-0.3, -0.25) is 9.48 Å². The lowest BCUT2D eigenvalue weighted by Crippen LogP contribution is -2.09. The largest absolute Gasteiger partial charge is 0.482 e. The van der Waals surface area contributed by atoms with E-state index in [-0.39, 0.29) is 16.8 Å². The third-order valence-electron chi connectivity index (χ3n) is 5.04. The number of thioether (sulfide) groups is 1. The molecule has 3 rings (SSSR count). The molecule has 0 saturated heterocycles. The van der Waals surface area contributed by atoms with Crippen LogP contribution in [0.5, 0.6) is 5.75 Å². The summed E-state index contributed by atoms with van der Waals surface area (Å²) in [5, 5.41) is 14.0. The van der Waals surface area contributed by atoms with Gasteiger partial charge in [-0.25, -0.2) is 9.37 Å². The molecule has 0 spiro atoms. The predicted molar refractivity (Wildman–Crippen MR) is 122 cm³/mol. The van der Waals surface area contributed by atoms with Crippen LogP contribution in [-0.2, 0) is 24.0 Å². The monoisotopic (exact) mass is 453 g/mol. The molecule has 0 aliphatic rings. The van der Waals surface area contributed by atoms with Crippen LogP contribution in [-0.4, -0.2) is 19.9 Å². The Bertz CT molecular complexity index is 1200. The van der Waals surface area contributed by atoms with Gasteiger partial charge in [-0.15, -0.1) is 0 Å². The molecular formula is C23H24FN5O2S. The molecule has 0 bridgehead atoms. The maximum absolute atomic E-state index is 13.8. The first-order valence-corrected chi connectivity index (χ1v) is 11.0. The van der Waals surface area contributed by atoms with E-state index in [1.807, 2.05) is 13.8 Å². The SMILES string of the molecule is CCc1ccc(F)cc1[C@@H](C)Oc1cc(-c2c(CSC(C)=O)nn(C)c2C#N)cnc1N. The van der Waals surface area contributed by atoms with Crippen LogP contribution in [0.2, 0.25) is 0 Å². The van der Waals surface area contributed by atoms with Gasteiger partial charge in [0.1, 0.15) is 23.7 Å². The number of halogens is 1. The molecule has 0 aliphatic carbocycles. The van der Waals surface area contributed by atoms with Crippen molar-refractivity contribution in [3.8, 4) is 22.9 Å². The molecule has 2 aromatic heterocycles. The fourth-order valence-electron chi connectivity index (χ4n) is 3.49. The Labute approximate surface area is 190 Å². The second-order valence-corrected chi connectivity index (χ2v) is 8.40. The number of nitrogens with two attached hydrogens (primary N) is 1. The van der Waals surface area contributed by atoms with Gasteiger partial charge in [0, 0.05) is 37.0 Å². The first-order chi connectivity index (χ1) is 15.2. The summed E-state index contributed by atoms with van der Waals surface area (Å²) in [5.41, 5.74) is 9.88. The van der Waals surface area contributed by atoms with Crippen LogP contribution in [0.4, 0.5) is 10.2 Å². The molecule has 0 fully saturated rings. The average molecular weight is 454 g/mol. The highest BCUT2D eigenvalue weighted by molar-refractivity contribution is 8.12. The lowest BCUT2D eigenvalue weighted by atomic mass is 10.0. The zero-order valence-corrected chi connectivity index (χ0v) is 19.2. The number of carbonyl (C=O) groups is 1. The number of hydrogen-bond acceptors (Lipinski definition) is 7. The fourth-order valence-corrected chi connectivity index (χ4v) is 4.03. The molecule has 2 N–H and O–H groups in total. The third kappa shape index (κ3) is 4.92. The predicted octanol–water partition coefficient (Wildman–Crippen LogP) is 4.56. The maximum Gasteiger partial charge on any atom is 0.186 e.